The van der Waals surface area contributed by atoms with Gasteiger partial charge >= 0.3 is 0 Å². The van der Waals surface area contributed by atoms with E-state index in [2.05, 4.69) is 5.32 Å². The van der Waals surface area contributed by atoms with Crippen molar-refractivity contribution in [3.05, 3.63) is 24.3 Å². The molecule has 0 spiro atoms. The standard InChI is InChI=1S/C25H37N3O4S.2CH4/c29-24-12-8-17-27(24)21-13-15-23(16-14-21)33(31,32)28-18-7-6-11-22(28)19-26-25(30)20-9-4-2-1-3-5-10-20;;/h13-16,20,22H,1-12,17-19H2,(H,26,30);2*1H4. The minimum absolute atomic E-state index is 0. The molecule has 8 heteroatoms. The van der Waals surface area contributed by atoms with E-state index in [1.807, 2.05) is 0 Å². The minimum atomic E-state index is -3.67. The Morgan fingerprint density at radius 3 is 2.11 bits per heavy atom. The Hall–Kier alpha value is -1.93. The largest absolute Gasteiger partial charge is 0.354 e. The third kappa shape index (κ3) is 7.06. The number of hydrogen-bond acceptors (Lipinski definition) is 4. The molecule has 7 nitrogen and oxygen atoms in total. The van der Waals surface area contributed by atoms with Gasteiger partial charge in [-0.05, 0) is 56.4 Å². The van der Waals surface area contributed by atoms with E-state index < -0.39 is 10.0 Å². The molecular formula is C27H45N3O4S. The summed E-state index contributed by atoms with van der Waals surface area (Å²) >= 11 is 0. The molecule has 2 heterocycles. The van der Waals surface area contributed by atoms with Crippen LogP contribution in [0.25, 0.3) is 0 Å². The van der Waals surface area contributed by atoms with Crippen molar-refractivity contribution in [3.63, 3.8) is 0 Å². The zero-order valence-corrected chi connectivity index (χ0v) is 20.3. The van der Waals surface area contributed by atoms with Crippen LogP contribution in [-0.4, -0.2) is 50.2 Å². The topological polar surface area (TPSA) is 86.8 Å². The van der Waals surface area contributed by atoms with Gasteiger partial charge < -0.3 is 10.2 Å². The van der Waals surface area contributed by atoms with Gasteiger partial charge in [-0.1, -0.05) is 53.4 Å². The summed E-state index contributed by atoms with van der Waals surface area (Å²) in [5.41, 5.74) is 0.748. The van der Waals surface area contributed by atoms with Crippen molar-refractivity contribution >= 4 is 27.5 Å². The lowest BCUT2D eigenvalue weighted by molar-refractivity contribution is -0.125. The summed E-state index contributed by atoms with van der Waals surface area (Å²) in [6, 6.07) is 6.45. The van der Waals surface area contributed by atoms with Gasteiger partial charge in [-0.25, -0.2) is 8.42 Å². The Morgan fingerprint density at radius 1 is 0.857 bits per heavy atom. The van der Waals surface area contributed by atoms with E-state index in [0.29, 0.717) is 26.1 Å². The molecule has 3 aliphatic rings. The molecule has 198 valence electrons. The number of hydrogen-bond donors (Lipinski definition) is 1. The molecule has 4 rings (SSSR count). The molecule has 1 aliphatic carbocycles. The number of sulfonamides is 1. The zero-order valence-electron chi connectivity index (χ0n) is 19.5. The van der Waals surface area contributed by atoms with Crippen molar-refractivity contribution in [1.82, 2.24) is 9.62 Å². The van der Waals surface area contributed by atoms with Gasteiger partial charge in [0, 0.05) is 43.7 Å². The fourth-order valence-corrected chi connectivity index (χ4v) is 7.12. The minimum Gasteiger partial charge on any atom is -0.354 e. The van der Waals surface area contributed by atoms with Crippen LogP contribution in [0.1, 0.15) is 91.9 Å². The third-order valence-corrected chi connectivity index (χ3v) is 9.36. The van der Waals surface area contributed by atoms with E-state index in [4.69, 9.17) is 0 Å². The SMILES string of the molecule is C.C.O=C(NCC1CCCCN1S(=O)(=O)c1ccc(N2CCCC2=O)cc1)C1CCCCCCC1. The number of piperidine rings is 1. The second-order valence-corrected chi connectivity index (χ2v) is 11.6. The van der Waals surface area contributed by atoms with Crippen LogP contribution in [0.2, 0.25) is 0 Å². The summed E-state index contributed by atoms with van der Waals surface area (Å²) in [7, 11) is -3.67. The first kappa shape index (κ1) is 29.3. The smallest absolute Gasteiger partial charge is 0.243 e. The number of benzene rings is 1. The third-order valence-electron chi connectivity index (χ3n) is 7.39. The van der Waals surface area contributed by atoms with Crippen molar-refractivity contribution in [2.24, 2.45) is 5.92 Å². The molecule has 2 aliphatic heterocycles. The van der Waals surface area contributed by atoms with Gasteiger partial charge in [0.15, 0.2) is 0 Å². The van der Waals surface area contributed by atoms with Crippen molar-refractivity contribution in [3.8, 4) is 0 Å². The van der Waals surface area contributed by atoms with E-state index in [0.717, 1.165) is 57.1 Å². The van der Waals surface area contributed by atoms with E-state index >= 15 is 0 Å². The van der Waals surface area contributed by atoms with Gasteiger partial charge in [0.05, 0.1) is 4.90 Å². The Balaban J connectivity index is 0.00000216. The highest BCUT2D eigenvalue weighted by Crippen LogP contribution is 2.28. The number of amides is 2. The maximum atomic E-state index is 13.5. The van der Waals surface area contributed by atoms with Gasteiger partial charge in [-0.3, -0.25) is 9.59 Å². The van der Waals surface area contributed by atoms with Crippen molar-refractivity contribution in [2.75, 3.05) is 24.5 Å². The lowest BCUT2D eigenvalue weighted by atomic mass is 9.90. The molecule has 3 fully saturated rings. The first-order chi connectivity index (χ1) is 16.0. The summed E-state index contributed by atoms with van der Waals surface area (Å²) in [5.74, 6) is 0.223. The first-order valence-corrected chi connectivity index (χ1v) is 14.1. The molecule has 0 aromatic heterocycles. The summed E-state index contributed by atoms with van der Waals surface area (Å²) in [4.78, 5) is 26.8. The fraction of sp³-hybridized carbons (Fsp3) is 0.704. The summed E-state index contributed by atoms with van der Waals surface area (Å²) < 4.78 is 28.5. The maximum Gasteiger partial charge on any atom is 0.243 e. The molecule has 0 radical (unpaired) electrons. The second kappa shape index (κ2) is 13.4. The molecule has 1 saturated carbocycles. The highest BCUT2D eigenvalue weighted by atomic mass is 32.2. The highest BCUT2D eigenvalue weighted by molar-refractivity contribution is 7.89. The molecule has 1 N–H and O–H groups in total. The monoisotopic (exact) mass is 507 g/mol. The number of carbonyl (C=O) groups is 2. The summed E-state index contributed by atoms with van der Waals surface area (Å²) in [6.07, 6.45) is 11.6. The number of nitrogens with zero attached hydrogens (tertiary/aromatic N) is 2. The molecule has 35 heavy (non-hydrogen) atoms. The molecule has 2 saturated heterocycles. The summed E-state index contributed by atoms with van der Waals surface area (Å²) in [5, 5.41) is 3.09. The predicted molar refractivity (Wildman–Crippen MR) is 142 cm³/mol. The first-order valence-electron chi connectivity index (χ1n) is 12.7. The lowest BCUT2D eigenvalue weighted by Crippen LogP contribution is -2.50. The van der Waals surface area contributed by atoms with Crippen LogP contribution in [0.3, 0.4) is 0 Å². The molecule has 0 bridgehead atoms. The van der Waals surface area contributed by atoms with Crippen LogP contribution >= 0.6 is 0 Å². The van der Waals surface area contributed by atoms with Crippen molar-refractivity contribution in [2.45, 2.75) is 103 Å². The maximum absolute atomic E-state index is 13.5. The van der Waals surface area contributed by atoms with Crippen molar-refractivity contribution < 1.29 is 18.0 Å². The van der Waals surface area contributed by atoms with Crippen LogP contribution < -0.4 is 10.2 Å². The average Bonchev–Trinajstić information content (AvgIpc) is 3.23. The number of carbonyl (C=O) groups excluding carboxylic acids is 2. The average molecular weight is 508 g/mol. The van der Waals surface area contributed by atoms with E-state index in [9.17, 15) is 18.0 Å². The Morgan fingerprint density at radius 2 is 1.49 bits per heavy atom. The van der Waals surface area contributed by atoms with Crippen LogP contribution in [0, 0.1) is 5.92 Å². The van der Waals surface area contributed by atoms with Gasteiger partial charge in [0.2, 0.25) is 21.8 Å². The van der Waals surface area contributed by atoms with Gasteiger partial charge in [0.1, 0.15) is 0 Å². The fourth-order valence-electron chi connectivity index (χ4n) is 5.43. The van der Waals surface area contributed by atoms with Gasteiger partial charge in [0.25, 0.3) is 0 Å². The van der Waals surface area contributed by atoms with E-state index in [-0.39, 0.29) is 43.5 Å². The van der Waals surface area contributed by atoms with Crippen LogP contribution in [-0.2, 0) is 19.6 Å². The van der Waals surface area contributed by atoms with Gasteiger partial charge in [-0.15, -0.1) is 0 Å². The van der Waals surface area contributed by atoms with Crippen molar-refractivity contribution in [1.29, 1.82) is 0 Å². The van der Waals surface area contributed by atoms with Gasteiger partial charge in [-0.2, -0.15) is 4.31 Å². The number of anilines is 1. The highest BCUT2D eigenvalue weighted by Gasteiger charge is 2.34. The Kier molecular flexibility index (Phi) is 11.2. The molecular weight excluding hydrogens is 462 g/mol. The molecule has 1 aromatic carbocycles. The Bertz CT molecular complexity index is 924. The number of rotatable bonds is 6. The zero-order chi connectivity index (χ0) is 23.3. The summed E-state index contributed by atoms with van der Waals surface area (Å²) in [6.45, 7) is 1.52. The molecule has 1 aromatic rings. The lowest BCUT2D eigenvalue weighted by Gasteiger charge is -2.35. The van der Waals surface area contributed by atoms with E-state index in [1.165, 1.54) is 19.3 Å². The molecule has 1 unspecified atom stereocenters. The number of nitrogens with one attached hydrogen (secondary N) is 1. The van der Waals surface area contributed by atoms with E-state index in [1.54, 1.807) is 33.5 Å². The quantitative estimate of drug-likeness (QED) is 0.580. The van der Waals surface area contributed by atoms with Crippen LogP contribution in [0.15, 0.2) is 29.2 Å². The second-order valence-electron chi connectivity index (χ2n) is 9.70. The van der Waals surface area contributed by atoms with Crippen LogP contribution in [0.5, 0.6) is 0 Å². The predicted octanol–water partition coefficient (Wildman–Crippen LogP) is 5.11. The molecule has 1 atom stereocenters. The normalized spacial score (nSPS) is 22.5. The van der Waals surface area contributed by atoms with Crippen LogP contribution in [0.4, 0.5) is 5.69 Å². The Labute approximate surface area is 212 Å². The molecule has 2 amide bonds.